The largest absolute Gasteiger partial charge is 0.573 e. The Balaban J connectivity index is 1.71. The molecule has 0 amide bonds. The second kappa shape index (κ2) is 8.60. The van der Waals surface area contributed by atoms with E-state index < -0.39 is 12.1 Å². The quantitative estimate of drug-likeness (QED) is 0.160. The minimum absolute atomic E-state index is 0.0189. The number of benzene rings is 4. The van der Waals surface area contributed by atoms with E-state index in [9.17, 15) is 23.7 Å². The van der Waals surface area contributed by atoms with Gasteiger partial charge < -0.3 is 4.74 Å². The lowest BCUT2D eigenvalue weighted by molar-refractivity contribution is -0.274. The number of ether oxygens (including phenoxy) is 1. The fourth-order valence-corrected chi connectivity index (χ4v) is 5.71. The molecular weight excluding hydrogens is 513 g/mol. The highest BCUT2D eigenvalue weighted by atomic mass is 19.4. The maximum atomic E-state index is 13.0. The molecule has 0 fully saturated rings. The lowest BCUT2D eigenvalue weighted by Crippen LogP contribution is -2.17. The third-order valence-electron chi connectivity index (χ3n) is 7.13. The first-order chi connectivity index (χ1) is 19.2. The van der Waals surface area contributed by atoms with Crippen LogP contribution in [0, 0.1) is 42.7 Å². The fourth-order valence-electron chi connectivity index (χ4n) is 5.71. The zero-order valence-corrected chi connectivity index (χ0v) is 20.6. The summed E-state index contributed by atoms with van der Waals surface area (Å²) in [7, 11) is 0. The van der Waals surface area contributed by atoms with Crippen molar-refractivity contribution in [2.75, 3.05) is 0 Å². The average molecular weight is 526 g/mol. The monoisotopic (exact) mass is 526 g/mol. The highest BCUT2D eigenvalue weighted by Crippen LogP contribution is 2.54. The molecule has 8 heteroatoms. The lowest BCUT2D eigenvalue weighted by atomic mass is 9.91. The molecule has 6 rings (SSSR count). The second-order valence-electron chi connectivity index (χ2n) is 9.27. The van der Waals surface area contributed by atoms with E-state index in [-0.39, 0.29) is 17.0 Å². The Bertz CT molecular complexity index is 2040. The summed E-state index contributed by atoms with van der Waals surface area (Å²) in [5, 5.41) is 21.0. The van der Waals surface area contributed by atoms with Gasteiger partial charge >= 0.3 is 6.36 Å². The van der Waals surface area contributed by atoms with Gasteiger partial charge in [0.1, 0.15) is 5.75 Å². The number of hydrogen-bond donors (Lipinski definition) is 0. The predicted octanol–water partition coefficient (Wildman–Crippen LogP) is 8.41. The fraction of sp³-hybridized carbons (Fsp3) is 0.0625. The van der Waals surface area contributed by atoms with E-state index in [1.807, 2.05) is 55.5 Å². The lowest BCUT2D eigenvalue weighted by Gasteiger charge is -2.12. The molecule has 0 bridgehead atoms. The molecule has 2 aliphatic carbocycles. The van der Waals surface area contributed by atoms with Gasteiger partial charge in [0.25, 0.3) is 11.4 Å². The van der Waals surface area contributed by atoms with E-state index in [2.05, 4.69) is 14.4 Å². The van der Waals surface area contributed by atoms with Crippen molar-refractivity contribution in [2.45, 2.75) is 13.3 Å². The van der Waals surface area contributed by atoms with Crippen molar-refractivity contribution in [3.05, 3.63) is 123 Å². The molecule has 188 valence electrons. The van der Waals surface area contributed by atoms with Gasteiger partial charge in [0.15, 0.2) is 0 Å². The van der Waals surface area contributed by atoms with Crippen LogP contribution in [0.15, 0.2) is 72.1 Å². The minimum atomic E-state index is -4.90. The van der Waals surface area contributed by atoms with Gasteiger partial charge in [-0.05, 0) is 74.3 Å². The van der Waals surface area contributed by atoms with E-state index >= 15 is 0 Å². The number of halogens is 3. The third-order valence-corrected chi connectivity index (χ3v) is 7.13. The Morgan fingerprint density at radius 3 is 1.65 bits per heavy atom. The van der Waals surface area contributed by atoms with Crippen molar-refractivity contribution in [3.8, 4) is 40.1 Å². The number of fused-ring (bicyclic) bond motifs is 9. The molecule has 4 aromatic rings. The SMILES string of the molecule is [C-]#[N+]/C(C#N)=C1/c2cc(OC(F)(F)F)ccc2-c2c1ccc1c3c(ccc21)/C(=C(\C#N)[N+]#[C-])c1cc(C)ccc1-3. The van der Waals surface area contributed by atoms with E-state index in [1.54, 1.807) is 6.07 Å². The predicted molar refractivity (Wildman–Crippen MR) is 143 cm³/mol. The number of hydrogen-bond acceptors (Lipinski definition) is 3. The maximum absolute atomic E-state index is 13.0. The highest BCUT2D eigenvalue weighted by Gasteiger charge is 2.35. The number of rotatable bonds is 1. The number of alkyl halides is 3. The van der Waals surface area contributed by atoms with Gasteiger partial charge in [-0.1, -0.05) is 54.1 Å². The van der Waals surface area contributed by atoms with Crippen molar-refractivity contribution >= 4 is 21.9 Å². The third kappa shape index (κ3) is 3.45. The van der Waals surface area contributed by atoms with Crippen molar-refractivity contribution in [1.29, 1.82) is 10.5 Å². The number of nitrogens with zero attached hydrogens (tertiary/aromatic N) is 4. The summed E-state index contributed by atoms with van der Waals surface area (Å²) < 4.78 is 43.1. The van der Waals surface area contributed by atoms with Gasteiger partial charge in [-0.3, -0.25) is 0 Å². The van der Waals surface area contributed by atoms with Crippen LogP contribution in [0.5, 0.6) is 5.75 Å². The van der Waals surface area contributed by atoms with Crippen molar-refractivity contribution in [2.24, 2.45) is 0 Å². The summed E-state index contributed by atoms with van der Waals surface area (Å²) in [5.41, 5.74) is 6.83. The van der Waals surface area contributed by atoms with Gasteiger partial charge in [-0.2, -0.15) is 0 Å². The molecule has 0 atom stereocenters. The maximum Gasteiger partial charge on any atom is 0.573 e. The van der Waals surface area contributed by atoms with E-state index in [0.29, 0.717) is 27.8 Å². The average Bonchev–Trinajstić information content (AvgIpc) is 3.42. The molecular formula is C32H13F3N4O. The van der Waals surface area contributed by atoms with E-state index in [0.717, 1.165) is 38.6 Å². The second-order valence-corrected chi connectivity index (χ2v) is 9.27. The van der Waals surface area contributed by atoms with Crippen LogP contribution in [0.4, 0.5) is 13.2 Å². The van der Waals surface area contributed by atoms with Gasteiger partial charge in [0, 0.05) is 11.1 Å². The Labute approximate surface area is 226 Å². The summed E-state index contributed by atoms with van der Waals surface area (Å²) in [5.74, 6) is -0.453. The zero-order chi connectivity index (χ0) is 28.3. The summed E-state index contributed by atoms with van der Waals surface area (Å²) in [6.07, 6.45) is -4.90. The van der Waals surface area contributed by atoms with Gasteiger partial charge in [0.05, 0.1) is 25.3 Å². The first-order valence-corrected chi connectivity index (χ1v) is 11.9. The molecule has 4 aromatic carbocycles. The molecule has 0 saturated carbocycles. The molecule has 0 aliphatic heterocycles. The van der Waals surface area contributed by atoms with Gasteiger partial charge in [-0.15, -0.1) is 13.2 Å². The molecule has 0 spiro atoms. The van der Waals surface area contributed by atoms with Crippen molar-refractivity contribution in [3.63, 3.8) is 0 Å². The Morgan fingerprint density at radius 2 is 1.18 bits per heavy atom. The summed E-state index contributed by atoms with van der Waals surface area (Å²) >= 11 is 0. The van der Waals surface area contributed by atoms with Crippen LogP contribution in [0.2, 0.25) is 0 Å². The molecule has 0 unspecified atom stereocenters. The standard InChI is InChI=1S/C32H13F3N4O/c1-16-4-6-20-24(12-16)30(26(14-36)38-2)22-10-8-19-18(28(20)22)9-11-23-29(19)21-7-5-17(40-32(33,34)35)13-25(21)31(23)27(15-37)39-3/h4-13H,1H3/b30-26-,31-27+. The molecule has 40 heavy (non-hydrogen) atoms. The van der Waals surface area contributed by atoms with Crippen LogP contribution in [-0.4, -0.2) is 6.36 Å². The number of nitriles is 2. The molecule has 0 saturated heterocycles. The molecule has 5 nitrogen and oxygen atoms in total. The molecule has 0 radical (unpaired) electrons. The van der Waals surface area contributed by atoms with Gasteiger partial charge in [0.2, 0.25) is 0 Å². The Kier molecular flexibility index (Phi) is 5.27. The molecule has 0 aromatic heterocycles. The van der Waals surface area contributed by atoms with Crippen LogP contribution in [0.3, 0.4) is 0 Å². The van der Waals surface area contributed by atoms with Crippen molar-refractivity contribution < 1.29 is 17.9 Å². The zero-order valence-electron chi connectivity index (χ0n) is 20.6. The van der Waals surface area contributed by atoms with Crippen LogP contribution in [0.1, 0.15) is 27.8 Å². The Hall–Kier alpha value is -5.83. The summed E-state index contributed by atoms with van der Waals surface area (Å²) in [4.78, 5) is 6.83. The van der Waals surface area contributed by atoms with Gasteiger partial charge in [-0.25, -0.2) is 20.2 Å². The van der Waals surface area contributed by atoms with Crippen LogP contribution >= 0.6 is 0 Å². The molecule has 0 heterocycles. The Morgan fingerprint density at radius 1 is 0.700 bits per heavy atom. The van der Waals surface area contributed by atoms with Crippen LogP contribution < -0.4 is 4.74 Å². The van der Waals surface area contributed by atoms with E-state index in [1.165, 1.54) is 18.2 Å². The van der Waals surface area contributed by atoms with E-state index in [4.69, 9.17) is 13.1 Å². The smallest absolute Gasteiger partial charge is 0.406 e. The topological polar surface area (TPSA) is 65.5 Å². The van der Waals surface area contributed by atoms with Crippen LogP contribution in [-0.2, 0) is 0 Å². The minimum Gasteiger partial charge on any atom is -0.406 e. The van der Waals surface area contributed by atoms with Crippen LogP contribution in [0.25, 0.3) is 53.9 Å². The van der Waals surface area contributed by atoms with Crippen molar-refractivity contribution in [1.82, 2.24) is 0 Å². The summed E-state index contributed by atoms with van der Waals surface area (Å²) in [6, 6.07) is 21.0. The number of allylic oxidation sites excluding steroid dienone is 2. The normalized spacial score (nSPS) is 15.0. The molecule has 0 N–H and O–H groups in total. The summed E-state index contributed by atoms with van der Waals surface area (Å²) in [6.45, 7) is 17.1. The first kappa shape index (κ1) is 24.5. The molecule has 2 aliphatic rings. The number of aryl methyl sites for hydroxylation is 1. The highest BCUT2D eigenvalue weighted by molar-refractivity contribution is 6.19. The first-order valence-electron chi connectivity index (χ1n) is 11.9.